The van der Waals surface area contributed by atoms with Crippen molar-refractivity contribution in [3.05, 3.63) is 21.9 Å². The number of hydrogen-bond donors (Lipinski definition) is 1. The maximum absolute atomic E-state index is 12.1. The van der Waals surface area contributed by atoms with Crippen molar-refractivity contribution >= 4 is 23.2 Å². The van der Waals surface area contributed by atoms with Gasteiger partial charge in [-0.2, -0.15) is 0 Å². The van der Waals surface area contributed by atoms with Crippen LogP contribution in [-0.2, 0) is 9.53 Å². The van der Waals surface area contributed by atoms with Crippen LogP contribution in [-0.4, -0.2) is 47.7 Å². The van der Waals surface area contributed by atoms with Gasteiger partial charge in [-0.15, -0.1) is 11.3 Å². The van der Waals surface area contributed by atoms with Gasteiger partial charge in [0.05, 0.1) is 18.0 Å². The first-order valence-corrected chi connectivity index (χ1v) is 6.15. The highest BCUT2D eigenvalue weighted by Gasteiger charge is 2.30. The predicted molar refractivity (Wildman–Crippen MR) is 62.3 cm³/mol. The Kier molecular flexibility index (Phi) is 3.44. The highest BCUT2D eigenvalue weighted by molar-refractivity contribution is 7.12. The van der Waals surface area contributed by atoms with E-state index in [0.717, 1.165) is 5.56 Å². The molecule has 17 heavy (non-hydrogen) atoms. The lowest BCUT2D eigenvalue weighted by molar-refractivity contribution is -0.154. The number of carboxylic acids is 1. The van der Waals surface area contributed by atoms with E-state index in [1.807, 2.05) is 18.4 Å². The minimum Gasteiger partial charge on any atom is -0.479 e. The Labute approximate surface area is 103 Å². The summed E-state index contributed by atoms with van der Waals surface area (Å²) in [5.74, 6) is -1.13. The molecule has 0 unspecified atom stereocenters. The minimum absolute atomic E-state index is 0.105. The third kappa shape index (κ3) is 2.48. The van der Waals surface area contributed by atoms with Crippen LogP contribution in [0.1, 0.15) is 15.2 Å². The van der Waals surface area contributed by atoms with Gasteiger partial charge in [-0.05, 0) is 23.9 Å². The number of nitrogens with zero attached hydrogens (tertiary/aromatic N) is 1. The summed E-state index contributed by atoms with van der Waals surface area (Å²) < 4.78 is 5.08. The number of carboxylic acid groups (broad SMARTS) is 1. The molecule has 92 valence electrons. The minimum atomic E-state index is -1.02. The van der Waals surface area contributed by atoms with Crippen molar-refractivity contribution in [1.82, 2.24) is 4.90 Å². The molecule has 0 bridgehead atoms. The van der Waals surface area contributed by atoms with Gasteiger partial charge >= 0.3 is 5.97 Å². The van der Waals surface area contributed by atoms with Crippen molar-refractivity contribution in [3.8, 4) is 0 Å². The average molecular weight is 255 g/mol. The molecule has 0 saturated carbocycles. The Morgan fingerprint density at radius 3 is 2.94 bits per heavy atom. The Balaban J connectivity index is 2.10. The number of ether oxygens (including phenoxy) is 1. The van der Waals surface area contributed by atoms with E-state index < -0.39 is 12.1 Å². The smallest absolute Gasteiger partial charge is 0.334 e. The average Bonchev–Trinajstić information content (AvgIpc) is 2.74. The number of amides is 1. The zero-order valence-corrected chi connectivity index (χ0v) is 10.2. The first kappa shape index (κ1) is 12.1. The van der Waals surface area contributed by atoms with Crippen LogP contribution in [0.5, 0.6) is 0 Å². The summed E-state index contributed by atoms with van der Waals surface area (Å²) in [7, 11) is 0. The van der Waals surface area contributed by atoms with Gasteiger partial charge in [0.1, 0.15) is 0 Å². The zero-order chi connectivity index (χ0) is 12.4. The Hall–Kier alpha value is -1.40. The van der Waals surface area contributed by atoms with Crippen LogP contribution >= 0.6 is 11.3 Å². The summed E-state index contributed by atoms with van der Waals surface area (Å²) in [6.07, 6.45) is -0.909. The van der Waals surface area contributed by atoms with Crippen molar-refractivity contribution < 1.29 is 19.4 Å². The number of aliphatic carboxylic acids is 1. The van der Waals surface area contributed by atoms with E-state index in [1.54, 1.807) is 4.90 Å². The quantitative estimate of drug-likeness (QED) is 0.855. The third-order valence-electron chi connectivity index (χ3n) is 2.69. The molecule has 1 fully saturated rings. The van der Waals surface area contributed by atoms with Crippen molar-refractivity contribution in [3.63, 3.8) is 0 Å². The fourth-order valence-electron chi connectivity index (χ4n) is 1.72. The molecule has 1 atom stereocenters. The summed E-state index contributed by atoms with van der Waals surface area (Å²) in [4.78, 5) is 25.2. The molecular weight excluding hydrogens is 242 g/mol. The fraction of sp³-hybridized carbons (Fsp3) is 0.455. The molecule has 2 rings (SSSR count). The lowest BCUT2D eigenvalue weighted by Crippen LogP contribution is -2.48. The molecule has 0 aromatic carbocycles. The second-order valence-corrected chi connectivity index (χ2v) is 4.80. The lowest BCUT2D eigenvalue weighted by Gasteiger charge is -2.30. The van der Waals surface area contributed by atoms with E-state index in [1.165, 1.54) is 11.3 Å². The first-order valence-electron chi connectivity index (χ1n) is 5.27. The van der Waals surface area contributed by atoms with Crippen LogP contribution in [0.2, 0.25) is 0 Å². The molecule has 1 N–H and O–H groups in total. The Morgan fingerprint density at radius 2 is 2.35 bits per heavy atom. The number of hydrogen-bond acceptors (Lipinski definition) is 4. The second kappa shape index (κ2) is 4.85. The van der Waals surface area contributed by atoms with Gasteiger partial charge in [0.25, 0.3) is 5.91 Å². The molecule has 5 nitrogen and oxygen atoms in total. The van der Waals surface area contributed by atoms with Crippen LogP contribution in [0.3, 0.4) is 0 Å². The fourth-order valence-corrected chi connectivity index (χ4v) is 2.61. The molecule has 0 spiro atoms. The number of carbonyl (C=O) groups is 2. The number of thiophene rings is 1. The molecule has 1 aromatic rings. The van der Waals surface area contributed by atoms with Crippen molar-refractivity contribution in [2.24, 2.45) is 0 Å². The Bertz CT molecular complexity index is 442. The van der Waals surface area contributed by atoms with E-state index in [-0.39, 0.29) is 19.1 Å². The molecular formula is C11H13NO4S. The number of carbonyl (C=O) groups excluding carboxylic acids is 1. The number of rotatable bonds is 2. The zero-order valence-electron chi connectivity index (χ0n) is 9.38. The summed E-state index contributed by atoms with van der Waals surface area (Å²) in [5.41, 5.74) is 0.929. The van der Waals surface area contributed by atoms with Crippen LogP contribution in [0.25, 0.3) is 0 Å². The standard InChI is InChI=1S/C11H13NO4S/c1-7-2-5-17-9(7)10(13)12-3-4-16-8(6-12)11(14)15/h2,5,8H,3-4,6H2,1H3,(H,14,15)/t8-/m1/s1. The lowest BCUT2D eigenvalue weighted by atomic mass is 10.2. The normalized spacial score (nSPS) is 20.3. The van der Waals surface area contributed by atoms with Crippen molar-refractivity contribution in [2.45, 2.75) is 13.0 Å². The van der Waals surface area contributed by atoms with Gasteiger partial charge in [0.15, 0.2) is 6.10 Å². The van der Waals surface area contributed by atoms with Crippen molar-refractivity contribution in [1.29, 1.82) is 0 Å². The van der Waals surface area contributed by atoms with Gasteiger partial charge in [0.2, 0.25) is 0 Å². The molecule has 1 aliphatic rings. The molecule has 2 heterocycles. The van der Waals surface area contributed by atoms with Gasteiger partial charge in [-0.1, -0.05) is 0 Å². The van der Waals surface area contributed by atoms with Crippen LogP contribution in [0.4, 0.5) is 0 Å². The molecule has 1 saturated heterocycles. The van der Waals surface area contributed by atoms with E-state index in [9.17, 15) is 9.59 Å². The SMILES string of the molecule is Cc1ccsc1C(=O)N1CCO[C@@H](C(=O)O)C1. The second-order valence-electron chi connectivity index (χ2n) is 3.88. The van der Waals surface area contributed by atoms with E-state index in [4.69, 9.17) is 9.84 Å². The molecule has 6 heteroatoms. The van der Waals surface area contributed by atoms with Crippen LogP contribution in [0.15, 0.2) is 11.4 Å². The topological polar surface area (TPSA) is 66.8 Å². The Morgan fingerprint density at radius 1 is 1.59 bits per heavy atom. The molecule has 1 aliphatic heterocycles. The molecule has 1 amide bonds. The summed E-state index contributed by atoms with van der Waals surface area (Å²) >= 11 is 1.38. The first-order chi connectivity index (χ1) is 8.09. The van der Waals surface area contributed by atoms with E-state index in [2.05, 4.69) is 0 Å². The molecule has 0 aliphatic carbocycles. The highest BCUT2D eigenvalue weighted by Crippen LogP contribution is 2.19. The maximum Gasteiger partial charge on any atom is 0.334 e. The highest BCUT2D eigenvalue weighted by atomic mass is 32.1. The largest absolute Gasteiger partial charge is 0.479 e. The van der Waals surface area contributed by atoms with Gasteiger partial charge < -0.3 is 14.7 Å². The van der Waals surface area contributed by atoms with Gasteiger partial charge in [-0.25, -0.2) is 4.79 Å². The van der Waals surface area contributed by atoms with Crippen molar-refractivity contribution in [2.75, 3.05) is 19.7 Å². The van der Waals surface area contributed by atoms with E-state index in [0.29, 0.717) is 11.4 Å². The maximum atomic E-state index is 12.1. The third-order valence-corrected chi connectivity index (χ3v) is 3.69. The molecule has 1 aromatic heterocycles. The monoisotopic (exact) mass is 255 g/mol. The summed E-state index contributed by atoms with van der Waals surface area (Å²) in [6.45, 7) is 2.71. The van der Waals surface area contributed by atoms with Crippen LogP contribution < -0.4 is 0 Å². The number of morpholine rings is 1. The number of aryl methyl sites for hydroxylation is 1. The van der Waals surface area contributed by atoms with Gasteiger partial charge in [0, 0.05) is 6.54 Å². The predicted octanol–water partition coefficient (Wildman–Crippen LogP) is 0.982. The van der Waals surface area contributed by atoms with E-state index >= 15 is 0 Å². The van der Waals surface area contributed by atoms with Gasteiger partial charge in [-0.3, -0.25) is 4.79 Å². The summed E-state index contributed by atoms with van der Waals surface area (Å²) in [6, 6.07) is 1.88. The summed E-state index contributed by atoms with van der Waals surface area (Å²) in [5, 5.41) is 10.7. The molecule has 0 radical (unpaired) electrons. The van der Waals surface area contributed by atoms with Crippen LogP contribution in [0, 0.1) is 6.92 Å².